The third-order valence-electron chi connectivity index (χ3n) is 6.66. The number of rotatable bonds is 6. The van der Waals surface area contributed by atoms with E-state index in [1.165, 1.54) is 0 Å². The fourth-order valence-electron chi connectivity index (χ4n) is 4.90. The Kier molecular flexibility index (Phi) is 6.12. The van der Waals surface area contributed by atoms with Crippen molar-refractivity contribution in [3.63, 3.8) is 0 Å². The van der Waals surface area contributed by atoms with Gasteiger partial charge in [0.2, 0.25) is 5.91 Å². The SMILES string of the molecule is O=C(CN1C(=O)NC2(CCc3ccccc32)C1=O)Nc1ccc(NC(=O)NCC2CCCO2)cc1. The number of fused-ring (bicyclic) bond motifs is 2. The van der Waals surface area contributed by atoms with E-state index in [1.807, 2.05) is 24.3 Å². The van der Waals surface area contributed by atoms with Gasteiger partial charge in [-0.1, -0.05) is 24.3 Å². The molecule has 2 aromatic carbocycles. The average Bonchev–Trinajstić information content (AvgIpc) is 3.56. The molecule has 1 aliphatic carbocycles. The molecule has 4 N–H and O–H groups in total. The number of carbonyl (C=O) groups is 4. The number of imide groups is 1. The van der Waals surface area contributed by atoms with Crippen LogP contribution in [0.5, 0.6) is 0 Å². The Bertz CT molecular complexity index is 1160. The number of aryl methyl sites for hydroxylation is 1. The first-order chi connectivity index (χ1) is 16.9. The Labute approximate surface area is 202 Å². The minimum atomic E-state index is -1.09. The maximum atomic E-state index is 13.2. The Hall–Kier alpha value is -3.92. The summed E-state index contributed by atoms with van der Waals surface area (Å²) in [6, 6.07) is 13.2. The van der Waals surface area contributed by atoms with E-state index >= 15 is 0 Å². The monoisotopic (exact) mass is 477 g/mol. The summed E-state index contributed by atoms with van der Waals surface area (Å²) >= 11 is 0. The molecule has 2 atom stereocenters. The number of hydrogen-bond acceptors (Lipinski definition) is 5. The minimum Gasteiger partial charge on any atom is -0.376 e. The molecule has 2 saturated heterocycles. The van der Waals surface area contributed by atoms with Gasteiger partial charge in [-0.15, -0.1) is 0 Å². The van der Waals surface area contributed by atoms with Crippen molar-refractivity contribution in [2.75, 3.05) is 30.3 Å². The molecule has 0 aromatic heterocycles. The highest BCUT2D eigenvalue weighted by Crippen LogP contribution is 2.41. The maximum Gasteiger partial charge on any atom is 0.325 e. The van der Waals surface area contributed by atoms with Crippen LogP contribution in [0.1, 0.15) is 30.4 Å². The van der Waals surface area contributed by atoms with E-state index in [4.69, 9.17) is 4.74 Å². The fourth-order valence-corrected chi connectivity index (χ4v) is 4.90. The van der Waals surface area contributed by atoms with Gasteiger partial charge < -0.3 is 26.0 Å². The lowest BCUT2D eigenvalue weighted by Gasteiger charge is -2.22. The first-order valence-corrected chi connectivity index (χ1v) is 11.7. The first-order valence-electron chi connectivity index (χ1n) is 11.7. The summed E-state index contributed by atoms with van der Waals surface area (Å²) in [5.41, 5.74) is 1.77. The van der Waals surface area contributed by atoms with Crippen LogP contribution < -0.4 is 21.3 Å². The van der Waals surface area contributed by atoms with Crippen molar-refractivity contribution in [3.8, 4) is 0 Å². The Morgan fingerprint density at radius 2 is 1.80 bits per heavy atom. The molecule has 0 bridgehead atoms. The molecule has 3 aliphatic rings. The van der Waals surface area contributed by atoms with Crippen molar-refractivity contribution in [1.29, 1.82) is 0 Å². The van der Waals surface area contributed by atoms with Gasteiger partial charge in [-0.05, 0) is 61.1 Å². The highest BCUT2D eigenvalue weighted by Gasteiger charge is 2.55. The van der Waals surface area contributed by atoms with E-state index in [9.17, 15) is 19.2 Å². The molecule has 2 unspecified atom stereocenters. The highest BCUT2D eigenvalue weighted by atomic mass is 16.5. The van der Waals surface area contributed by atoms with E-state index in [0.717, 1.165) is 35.5 Å². The van der Waals surface area contributed by atoms with Gasteiger partial charge in [-0.2, -0.15) is 0 Å². The summed E-state index contributed by atoms with van der Waals surface area (Å²) in [5, 5.41) is 11.0. The molecule has 10 heteroatoms. The van der Waals surface area contributed by atoms with Crippen molar-refractivity contribution in [2.45, 2.75) is 37.3 Å². The normalized spacial score (nSPS) is 22.7. The van der Waals surface area contributed by atoms with Crippen LogP contribution in [0.4, 0.5) is 21.0 Å². The van der Waals surface area contributed by atoms with Crippen LogP contribution in [0.25, 0.3) is 0 Å². The second-order valence-corrected chi connectivity index (χ2v) is 8.98. The molecule has 1 spiro atoms. The average molecular weight is 478 g/mol. The van der Waals surface area contributed by atoms with Crippen molar-refractivity contribution in [1.82, 2.24) is 15.5 Å². The van der Waals surface area contributed by atoms with Gasteiger partial charge in [-0.25, -0.2) is 9.59 Å². The largest absolute Gasteiger partial charge is 0.376 e. The predicted octanol–water partition coefficient (Wildman–Crippen LogP) is 2.32. The zero-order valence-electron chi connectivity index (χ0n) is 19.1. The number of hydrogen-bond donors (Lipinski definition) is 4. The zero-order valence-corrected chi connectivity index (χ0v) is 19.1. The molecule has 0 saturated carbocycles. The van der Waals surface area contributed by atoms with Crippen LogP contribution in [0.3, 0.4) is 0 Å². The number of nitrogens with zero attached hydrogens (tertiary/aromatic N) is 1. The van der Waals surface area contributed by atoms with Gasteiger partial charge in [-0.3, -0.25) is 14.5 Å². The lowest BCUT2D eigenvalue weighted by atomic mass is 9.92. The van der Waals surface area contributed by atoms with Crippen LogP contribution in [-0.4, -0.2) is 54.6 Å². The van der Waals surface area contributed by atoms with Crippen molar-refractivity contribution < 1.29 is 23.9 Å². The Balaban J connectivity index is 1.14. The molecule has 0 radical (unpaired) electrons. The standard InChI is InChI=1S/C25H27N5O5/c31-21(15-30-22(32)25(29-24(30)34)12-11-16-4-1-2-6-20(16)25)27-17-7-9-18(10-8-17)28-23(33)26-14-19-5-3-13-35-19/h1-2,4,6-10,19H,3,5,11-15H2,(H,27,31)(H,29,34)(H2,26,28,33). The van der Waals surface area contributed by atoms with Gasteiger partial charge in [0.05, 0.1) is 6.10 Å². The zero-order chi connectivity index (χ0) is 24.4. The third kappa shape index (κ3) is 4.57. The molecule has 5 rings (SSSR count). The van der Waals surface area contributed by atoms with Gasteiger partial charge in [0.1, 0.15) is 12.1 Å². The van der Waals surface area contributed by atoms with Crippen molar-refractivity contribution in [3.05, 3.63) is 59.7 Å². The van der Waals surface area contributed by atoms with Crippen LogP contribution in [0, 0.1) is 0 Å². The van der Waals surface area contributed by atoms with Gasteiger partial charge >= 0.3 is 12.1 Å². The molecule has 2 aliphatic heterocycles. The number of anilines is 2. The van der Waals surface area contributed by atoms with Gasteiger partial charge in [0.15, 0.2) is 0 Å². The first kappa shape index (κ1) is 22.9. The predicted molar refractivity (Wildman–Crippen MR) is 128 cm³/mol. The van der Waals surface area contributed by atoms with Crippen LogP contribution in [0.15, 0.2) is 48.5 Å². The third-order valence-corrected chi connectivity index (χ3v) is 6.66. The van der Waals surface area contributed by atoms with Gasteiger partial charge in [0, 0.05) is 24.5 Å². The number of benzene rings is 2. The summed E-state index contributed by atoms with van der Waals surface area (Å²) < 4.78 is 5.48. The number of ether oxygens (including phenoxy) is 1. The molecular formula is C25H27N5O5. The fraction of sp³-hybridized carbons (Fsp3) is 0.360. The van der Waals surface area contributed by atoms with E-state index in [-0.39, 0.29) is 18.7 Å². The summed E-state index contributed by atoms with van der Waals surface area (Å²) in [5.74, 6) is -0.900. The number of amides is 6. The lowest BCUT2D eigenvalue weighted by molar-refractivity contribution is -0.134. The smallest absolute Gasteiger partial charge is 0.325 e. The minimum absolute atomic E-state index is 0.0567. The van der Waals surface area contributed by atoms with E-state index < -0.39 is 23.4 Å². The lowest BCUT2D eigenvalue weighted by Crippen LogP contribution is -2.43. The molecule has 182 valence electrons. The van der Waals surface area contributed by atoms with Crippen LogP contribution in [0.2, 0.25) is 0 Å². The van der Waals surface area contributed by atoms with Crippen LogP contribution in [-0.2, 0) is 26.3 Å². The molecule has 2 fully saturated rings. The Morgan fingerprint density at radius 1 is 1.06 bits per heavy atom. The van der Waals surface area contributed by atoms with Crippen LogP contribution >= 0.6 is 0 Å². The molecule has 10 nitrogen and oxygen atoms in total. The van der Waals surface area contributed by atoms with Gasteiger partial charge in [0.25, 0.3) is 5.91 Å². The summed E-state index contributed by atoms with van der Waals surface area (Å²) in [6.45, 7) is 0.794. The highest BCUT2D eigenvalue weighted by molar-refractivity contribution is 6.11. The molecule has 2 aromatic rings. The number of urea groups is 2. The summed E-state index contributed by atoms with van der Waals surface area (Å²) in [4.78, 5) is 51.4. The summed E-state index contributed by atoms with van der Waals surface area (Å²) in [7, 11) is 0. The van der Waals surface area contributed by atoms with E-state index in [2.05, 4.69) is 21.3 Å². The Morgan fingerprint density at radius 3 is 2.54 bits per heavy atom. The number of nitrogens with one attached hydrogen (secondary N) is 4. The molecule has 35 heavy (non-hydrogen) atoms. The van der Waals surface area contributed by atoms with E-state index in [1.54, 1.807) is 24.3 Å². The topological polar surface area (TPSA) is 129 Å². The molecule has 2 heterocycles. The maximum absolute atomic E-state index is 13.2. The molecular weight excluding hydrogens is 450 g/mol. The second kappa shape index (κ2) is 9.38. The molecule has 6 amide bonds. The quantitative estimate of drug-likeness (QED) is 0.475. The van der Waals surface area contributed by atoms with Crippen molar-refractivity contribution >= 4 is 35.3 Å². The number of carbonyl (C=O) groups excluding carboxylic acids is 4. The van der Waals surface area contributed by atoms with E-state index in [0.29, 0.717) is 30.8 Å². The summed E-state index contributed by atoms with van der Waals surface area (Å²) in [6.07, 6.45) is 3.17. The van der Waals surface area contributed by atoms with Crippen molar-refractivity contribution in [2.24, 2.45) is 0 Å². The second-order valence-electron chi connectivity index (χ2n) is 8.98.